The summed E-state index contributed by atoms with van der Waals surface area (Å²) in [4.78, 5) is 0. The highest BCUT2D eigenvalue weighted by molar-refractivity contribution is 6.31. The molecule has 1 atom stereocenters. The molecule has 1 aliphatic carbocycles. The van der Waals surface area contributed by atoms with Gasteiger partial charge in [-0.1, -0.05) is 11.6 Å². The smallest absolute Gasteiger partial charge is 0.0461 e. The molecule has 0 spiro atoms. The first-order valence-electron chi connectivity index (χ1n) is 4.02. The topological polar surface area (TPSA) is 52.0 Å². The Hall–Kier alpha value is -0.730. The van der Waals surface area contributed by atoms with Gasteiger partial charge in [-0.05, 0) is 36.1 Å². The van der Waals surface area contributed by atoms with Gasteiger partial charge in [-0.2, -0.15) is 0 Å². The van der Waals surface area contributed by atoms with Crippen LogP contribution in [0.5, 0.6) is 0 Å². The van der Waals surface area contributed by atoms with Crippen molar-refractivity contribution in [1.29, 1.82) is 0 Å². The summed E-state index contributed by atoms with van der Waals surface area (Å²) in [5.41, 5.74) is 14.5. The minimum Gasteiger partial charge on any atom is -0.399 e. The lowest BCUT2D eigenvalue weighted by Crippen LogP contribution is -2.05. The van der Waals surface area contributed by atoms with Crippen LogP contribution in [0.1, 0.15) is 23.6 Å². The molecule has 0 heterocycles. The zero-order valence-electron chi connectivity index (χ0n) is 6.68. The predicted molar refractivity (Wildman–Crippen MR) is 51.1 cm³/mol. The molecule has 2 nitrogen and oxygen atoms in total. The first-order chi connectivity index (χ1) is 5.68. The molecule has 4 N–H and O–H groups in total. The van der Waals surface area contributed by atoms with E-state index in [1.54, 1.807) is 6.07 Å². The molecule has 0 fully saturated rings. The van der Waals surface area contributed by atoms with Gasteiger partial charge in [0.15, 0.2) is 0 Å². The molecule has 0 bridgehead atoms. The monoisotopic (exact) mass is 182 g/mol. The van der Waals surface area contributed by atoms with E-state index >= 15 is 0 Å². The third kappa shape index (κ3) is 1.08. The minimum atomic E-state index is 0.126. The largest absolute Gasteiger partial charge is 0.399 e. The number of hydrogen-bond donors (Lipinski definition) is 2. The maximum absolute atomic E-state index is 6.00. The summed E-state index contributed by atoms with van der Waals surface area (Å²) in [5.74, 6) is 0. The summed E-state index contributed by atoms with van der Waals surface area (Å²) in [5, 5.41) is 0.762. The molecule has 64 valence electrons. The Morgan fingerprint density at radius 3 is 2.92 bits per heavy atom. The van der Waals surface area contributed by atoms with Gasteiger partial charge >= 0.3 is 0 Å². The van der Waals surface area contributed by atoms with E-state index < -0.39 is 0 Å². The van der Waals surface area contributed by atoms with Crippen LogP contribution in [-0.2, 0) is 6.42 Å². The van der Waals surface area contributed by atoms with Crippen molar-refractivity contribution in [2.45, 2.75) is 18.9 Å². The zero-order chi connectivity index (χ0) is 8.72. The molecule has 0 radical (unpaired) electrons. The number of benzene rings is 1. The van der Waals surface area contributed by atoms with Crippen LogP contribution < -0.4 is 11.5 Å². The standard InChI is InChI=1S/C9H11ClN2/c10-8-4-5(11)3-7-6(8)1-2-9(7)12/h3-4,9H,1-2,11-12H2/t9-/m1/s1. The lowest BCUT2D eigenvalue weighted by atomic mass is 10.1. The van der Waals surface area contributed by atoms with E-state index in [9.17, 15) is 0 Å². The third-order valence-electron chi connectivity index (χ3n) is 2.36. The highest BCUT2D eigenvalue weighted by Crippen LogP contribution is 2.35. The van der Waals surface area contributed by atoms with Crippen LogP contribution in [0.2, 0.25) is 5.02 Å². The van der Waals surface area contributed by atoms with Crippen molar-refractivity contribution < 1.29 is 0 Å². The Balaban J connectivity index is 2.60. The van der Waals surface area contributed by atoms with E-state index in [-0.39, 0.29) is 6.04 Å². The molecule has 2 rings (SSSR count). The van der Waals surface area contributed by atoms with Gasteiger partial charge in [-0.15, -0.1) is 0 Å². The summed E-state index contributed by atoms with van der Waals surface area (Å²) in [6.07, 6.45) is 1.97. The molecule has 0 saturated carbocycles. The van der Waals surface area contributed by atoms with Crippen molar-refractivity contribution in [2.24, 2.45) is 5.73 Å². The Morgan fingerprint density at radius 2 is 2.17 bits per heavy atom. The average Bonchev–Trinajstić information content (AvgIpc) is 2.33. The molecule has 0 saturated heterocycles. The van der Waals surface area contributed by atoms with Gasteiger partial charge in [0.1, 0.15) is 0 Å². The van der Waals surface area contributed by atoms with Gasteiger partial charge in [-0.3, -0.25) is 0 Å². The van der Waals surface area contributed by atoms with Crippen molar-refractivity contribution >= 4 is 17.3 Å². The van der Waals surface area contributed by atoms with E-state index in [4.69, 9.17) is 23.1 Å². The molecule has 1 aromatic carbocycles. The van der Waals surface area contributed by atoms with Crippen LogP contribution in [0.25, 0.3) is 0 Å². The van der Waals surface area contributed by atoms with Crippen LogP contribution >= 0.6 is 11.6 Å². The Kier molecular flexibility index (Phi) is 1.74. The summed E-state index contributed by atoms with van der Waals surface area (Å²) >= 11 is 6.00. The van der Waals surface area contributed by atoms with E-state index in [1.165, 1.54) is 5.56 Å². The molecular weight excluding hydrogens is 172 g/mol. The predicted octanol–water partition coefficient (Wildman–Crippen LogP) is 1.87. The zero-order valence-corrected chi connectivity index (χ0v) is 7.43. The average molecular weight is 183 g/mol. The van der Waals surface area contributed by atoms with Gasteiger partial charge in [0.2, 0.25) is 0 Å². The van der Waals surface area contributed by atoms with Crippen molar-refractivity contribution in [1.82, 2.24) is 0 Å². The molecule has 3 heteroatoms. The van der Waals surface area contributed by atoms with Crippen molar-refractivity contribution in [3.63, 3.8) is 0 Å². The number of halogens is 1. The summed E-state index contributed by atoms with van der Waals surface area (Å²) in [6.45, 7) is 0. The maximum atomic E-state index is 6.00. The lowest BCUT2D eigenvalue weighted by Gasteiger charge is -2.06. The van der Waals surface area contributed by atoms with Crippen molar-refractivity contribution in [2.75, 3.05) is 5.73 Å². The second-order valence-electron chi connectivity index (χ2n) is 3.22. The third-order valence-corrected chi connectivity index (χ3v) is 2.69. The van der Waals surface area contributed by atoms with Crippen LogP contribution in [0, 0.1) is 0 Å². The normalized spacial score (nSPS) is 21.0. The molecule has 1 aliphatic rings. The highest BCUT2D eigenvalue weighted by Gasteiger charge is 2.21. The molecule has 12 heavy (non-hydrogen) atoms. The van der Waals surface area contributed by atoms with Crippen LogP contribution in [-0.4, -0.2) is 0 Å². The van der Waals surface area contributed by atoms with Gasteiger partial charge in [-0.25, -0.2) is 0 Å². The summed E-state index contributed by atoms with van der Waals surface area (Å²) < 4.78 is 0. The number of anilines is 1. The fourth-order valence-corrected chi connectivity index (χ4v) is 2.06. The number of rotatable bonds is 0. The van der Waals surface area contributed by atoms with E-state index in [0.29, 0.717) is 5.69 Å². The maximum Gasteiger partial charge on any atom is 0.0461 e. The van der Waals surface area contributed by atoms with Gasteiger partial charge < -0.3 is 11.5 Å². The lowest BCUT2D eigenvalue weighted by molar-refractivity contribution is 0.713. The summed E-state index contributed by atoms with van der Waals surface area (Å²) in [7, 11) is 0. The molecule has 0 aliphatic heterocycles. The second kappa shape index (κ2) is 2.64. The molecule has 0 amide bonds. The first kappa shape index (κ1) is 7.90. The fraction of sp³-hybridized carbons (Fsp3) is 0.333. The minimum absolute atomic E-state index is 0.126. The van der Waals surface area contributed by atoms with Crippen LogP contribution in [0.4, 0.5) is 5.69 Å². The molecule has 0 aromatic heterocycles. The quantitative estimate of drug-likeness (QED) is 0.602. The highest BCUT2D eigenvalue weighted by atomic mass is 35.5. The fourth-order valence-electron chi connectivity index (χ4n) is 1.73. The van der Waals surface area contributed by atoms with Crippen LogP contribution in [0.3, 0.4) is 0 Å². The molecule has 0 unspecified atom stereocenters. The van der Waals surface area contributed by atoms with Crippen molar-refractivity contribution in [3.05, 3.63) is 28.3 Å². The Bertz CT molecular complexity index is 323. The van der Waals surface area contributed by atoms with E-state index in [1.807, 2.05) is 6.07 Å². The van der Waals surface area contributed by atoms with Gasteiger partial charge in [0.05, 0.1) is 0 Å². The number of nitrogen functional groups attached to an aromatic ring is 1. The Morgan fingerprint density at radius 1 is 1.42 bits per heavy atom. The number of fused-ring (bicyclic) bond motifs is 1. The molecule has 1 aromatic rings. The number of hydrogen-bond acceptors (Lipinski definition) is 2. The SMILES string of the molecule is Nc1cc(Cl)c2c(c1)[C@H](N)CC2. The molecular formula is C9H11ClN2. The second-order valence-corrected chi connectivity index (χ2v) is 3.62. The first-order valence-corrected chi connectivity index (χ1v) is 4.39. The van der Waals surface area contributed by atoms with Crippen molar-refractivity contribution in [3.8, 4) is 0 Å². The van der Waals surface area contributed by atoms with Gasteiger partial charge in [0.25, 0.3) is 0 Å². The van der Waals surface area contributed by atoms with Crippen LogP contribution in [0.15, 0.2) is 12.1 Å². The van der Waals surface area contributed by atoms with E-state index in [2.05, 4.69) is 0 Å². The van der Waals surface area contributed by atoms with E-state index in [0.717, 1.165) is 23.4 Å². The Labute approximate surface area is 76.5 Å². The number of nitrogens with two attached hydrogens (primary N) is 2. The van der Waals surface area contributed by atoms with Gasteiger partial charge in [0, 0.05) is 16.8 Å². The summed E-state index contributed by atoms with van der Waals surface area (Å²) in [6, 6.07) is 3.85.